The molecule has 0 atom stereocenters. The van der Waals surface area contributed by atoms with Crippen LogP contribution in [-0.2, 0) is 17.8 Å². The molecule has 0 spiro atoms. The van der Waals surface area contributed by atoms with Crippen LogP contribution < -0.4 is 9.64 Å². The number of para-hydroxylation sites is 1. The molecule has 2 aromatic carbocycles. The predicted octanol–water partition coefficient (Wildman–Crippen LogP) is 4.87. The van der Waals surface area contributed by atoms with Crippen molar-refractivity contribution in [2.45, 2.75) is 33.2 Å². The number of amides is 1. The van der Waals surface area contributed by atoms with Crippen molar-refractivity contribution in [1.29, 1.82) is 0 Å². The Kier molecular flexibility index (Phi) is 6.62. The van der Waals surface area contributed by atoms with E-state index in [1.54, 1.807) is 28.8 Å². The Morgan fingerprint density at radius 1 is 1.19 bits per heavy atom. The van der Waals surface area contributed by atoms with Crippen LogP contribution in [0.1, 0.15) is 24.5 Å². The van der Waals surface area contributed by atoms with Gasteiger partial charge in [-0.25, -0.2) is 9.97 Å². The van der Waals surface area contributed by atoms with Crippen molar-refractivity contribution in [2.24, 2.45) is 0 Å². The van der Waals surface area contributed by atoms with Gasteiger partial charge in [-0.1, -0.05) is 48.1 Å². The van der Waals surface area contributed by atoms with Crippen LogP contribution in [0.15, 0.2) is 61.2 Å². The molecule has 0 aliphatic heterocycles. The topological polar surface area (TPSA) is 60.2 Å². The summed E-state index contributed by atoms with van der Waals surface area (Å²) >= 11 is 1.55. The van der Waals surface area contributed by atoms with Crippen molar-refractivity contribution in [3.05, 3.63) is 72.3 Å². The minimum absolute atomic E-state index is 0.0231. The fourth-order valence-electron chi connectivity index (χ4n) is 3.41. The second kappa shape index (κ2) is 9.75. The number of rotatable bonds is 9. The largest absolute Gasteiger partial charge is 0.484 e. The minimum Gasteiger partial charge on any atom is -0.484 e. The zero-order valence-corrected chi connectivity index (χ0v) is 18.6. The number of hydrogen-bond acceptors (Lipinski definition) is 5. The van der Waals surface area contributed by atoms with Gasteiger partial charge in [0.1, 0.15) is 5.75 Å². The van der Waals surface area contributed by atoms with Gasteiger partial charge in [0.2, 0.25) is 0 Å². The molecule has 7 heteroatoms. The molecular formula is C24H26N4O2S. The maximum Gasteiger partial charge on any atom is 0.266 e. The molecular weight excluding hydrogens is 408 g/mol. The van der Waals surface area contributed by atoms with E-state index in [0.717, 1.165) is 40.3 Å². The van der Waals surface area contributed by atoms with Crippen LogP contribution in [0.2, 0.25) is 0 Å². The van der Waals surface area contributed by atoms with E-state index in [2.05, 4.69) is 30.1 Å². The van der Waals surface area contributed by atoms with Crippen LogP contribution in [0.25, 0.3) is 10.2 Å². The number of hydrogen-bond donors (Lipinski definition) is 0. The smallest absolute Gasteiger partial charge is 0.266 e. The number of nitrogens with zero attached hydrogens (tertiary/aromatic N) is 4. The Bertz CT molecular complexity index is 1140. The van der Waals surface area contributed by atoms with Crippen LogP contribution in [-0.4, -0.2) is 33.6 Å². The summed E-state index contributed by atoms with van der Waals surface area (Å²) in [5.74, 6) is 0.596. The van der Waals surface area contributed by atoms with Gasteiger partial charge >= 0.3 is 0 Å². The third kappa shape index (κ3) is 5.11. The van der Waals surface area contributed by atoms with E-state index in [0.29, 0.717) is 12.3 Å². The Balaban J connectivity index is 1.52. The number of anilines is 1. The van der Waals surface area contributed by atoms with Crippen molar-refractivity contribution < 1.29 is 9.53 Å². The molecule has 0 saturated heterocycles. The standard InChI is InChI=1S/C24H26N4O2S/c1-3-19-6-4-7-21-23(19)26-24(31-21)28(14-5-13-27-15-12-25-17-27)22(29)16-30-20-10-8-18(2)9-11-20/h4,6-12,15,17H,3,5,13-14,16H2,1-2H3. The number of ether oxygens (including phenoxy) is 1. The molecule has 0 aliphatic carbocycles. The molecule has 2 aromatic heterocycles. The molecule has 0 bridgehead atoms. The molecule has 160 valence electrons. The SMILES string of the molecule is CCc1cccc2sc(N(CCCn3ccnc3)C(=O)COc3ccc(C)cc3)nc12. The summed E-state index contributed by atoms with van der Waals surface area (Å²) in [5, 5.41) is 0.721. The van der Waals surface area contributed by atoms with Gasteiger partial charge in [0.15, 0.2) is 11.7 Å². The summed E-state index contributed by atoms with van der Waals surface area (Å²) in [4.78, 5) is 23.8. The van der Waals surface area contributed by atoms with E-state index in [4.69, 9.17) is 9.72 Å². The van der Waals surface area contributed by atoms with Crippen molar-refractivity contribution in [3.63, 3.8) is 0 Å². The van der Waals surface area contributed by atoms with Gasteiger partial charge in [-0.05, 0) is 43.5 Å². The molecule has 31 heavy (non-hydrogen) atoms. The molecule has 0 radical (unpaired) electrons. The molecule has 2 heterocycles. The maximum absolute atomic E-state index is 13.2. The number of benzene rings is 2. The van der Waals surface area contributed by atoms with Crippen molar-refractivity contribution in [2.75, 3.05) is 18.1 Å². The first-order valence-electron chi connectivity index (χ1n) is 10.5. The normalized spacial score (nSPS) is 11.0. The lowest BCUT2D eigenvalue weighted by Crippen LogP contribution is -2.36. The van der Waals surface area contributed by atoms with Crippen LogP contribution in [0, 0.1) is 6.92 Å². The third-order valence-electron chi connectivity index (χ3n) is 5.14. The van der Waals surface area contributed by atoms with E-state index < -0.39 is 0 Å². The summed E-state index contributed by atoms with van der Waals surface area (Å²) in [6.45, 7) is 5.47. The second-order valence-electron chi connectivity index (χ2n) is 7.42. The van der Waals surface area contributed by atoms with Crippen LogP contribution in [0.5, 0.6) is 5.75 Å². The summed E-state index contributed by atoms with van der Waals surface area (Å²) in [6.07, 6.45) is 7.18. The number of carbonyl (C=O) groups is 1. The van der Waals surface area contributed by atoms with Crippen LogP contribution in [0.4, 0.5) is 5.13 Å². The number of aryl methyl sites for hydroxylation is 3. The van der Waals surface area contributed by atoms with E-state index in [1.165, 1.54) is 5.56 Å². The fraction of sp³-hybridized carbons (Fsp3) is 0.292. The summed E-state index contributed by atoms with van der Waals surface area (Å²) in [5.41, 5.74) is 3.33. The number of imidazole rings is 1. The van der Waals surface area contributed by atoms with Crippen LogP contribution in [0.3, 0.4) is 0 Å². The van der Waals surface area contributed by atoms with Gasteiger partial charge in [0.25, 0.3) is 5.91 Å². The second-order valence-corrected chi connectivity index (χ2v) is 8.42. The number of carbonyl (C=O) groups excluding carboxylic acids is 1. The zero-order chi connectivity index (χ0) is 21.6. The molecule has 0 aliphatic rings. The first-order chi connectivity index (χ1) is 15.1. The summed E-state index contributed by atoms with van der Waals surface area (Å²) in [6, 6.07) is 13.9. The van der Waals surface area contributed by atoms with Crippen molar-refractivity contribution in [3.8, 4) is 5.75 Å². The van der Waals surface area contributed by atoms with Crippen molar-refractivity contribution >= 4 is 32.6 Å². The minimum atomic E-state index is -0.0942. The maximum atomic E-state index is 13.2. The molecule has 4 rings (SSSR count). The van der Waals surface area contributed by atoms with Gasteiger partial charge in [-0.2, -0.15) is 0 Å². The highest BCUT2D eigenvalue weighted by molar-refractivity contribution is 7.22. The van der Waals surface area contributed by atoms with E-state index in [1.807, 2.05) is 42.0 Å². The first kappa shape index (κ1) is 21.1. The third-order valence-corrected chi connectivity index (χ3v) is 6.19. The summed E-state index contributed by atoms with van der Waals surface area (Å²) in [7, 11) is 0. The lowest BCUT2D eigenvalue weighted by Gasteiger charge is -2.20. The van der Waals surface area contributed by atoms with Gasteiger partial charge < -0.3 is 9.30 Å². The van der Waals surface area contributed by atoms with Gasteiger partial charge in [0, 0.05) is 25.5 Å². The lowest BCUT2D eigenvalue weighted by molar-refractivity contribution is -0.120. The van der Waals surface area contributed by atoms with Gasteiger partial charge in [-0.3, -0.25) is 9.69 Å². The number of thiazole rings is 1. The van der Waals surface area contributed by atoms with Gasteiger partial charge in [0.05, 0.1) is 16.5 Å². The Morgan fingerprint density at radius 3 is 2.77 bits per heavy atom. The summed E-state index contributed by atoms with van der Waals surface area (Å²) < 4.78 is 8.88. The highest BCUT2D eigenvalue weighted by Crippen LogP contribution is 2.31. The Hall–Kier alpha value is -3.19. The average Bonchev–Trinajstić information content (AvgIpc) is 3.45. The molecule has 0 N–H and O–H groups in total. The lowest BCUT2D eigenvalue weighted by atomic mass is 10.1. The predicted molar refractivity (Wildman–Crippen MR) is 125 cm³/mol. The van der Waals surface area contributed by atoms with Crippen molar-refractivity contribution in [1.82, 2.24) is 14.5 Å². The molecule has 0 saturated carbocycles. The van der Waals surface area contributed by atoms with E-state index in [-0.39, 0.29) is 12.5 Å². The Morgan fingerprint density at radius 2 is 2.03 bits per heavy atom. The van der Waals surface area contributed by atoms with Crippen LogP contribution >= 0.6 is 11.3 Å². The van der Waals surface area contributed by atoms with Gasteiger partial charge in [-0.15, -0.1) is 0 Å². The quantitative estimate of drug-likeness (QED) is 0.377. The van der Waals surface area contributed by atoms with E-state index in [9.17, 15) is 4.79 Å². The molecule has 0 fully saturated rings. The number of fused-ring (bicyclic) bond motifs is 1. The Labute approximate surface area is 186 Å². The number of aromatic nitrogens is 3. The molecule has 6 nitrogen and oxygen atoms in total. The van der Waals surface area contributed by atoms with E-state index >= 15 is 0 Å². The molecule has 0 unspecified atom stereocenters. The monoisotopic (exact) mass is 434 g/mol. The molecule has 1 amide bonds. The first-order valence-corrected chi connectivity index (χ1v) is 11.3. The zero-order valence-electron chi connectivity index (χ0n) is 17.8. The fourth-order valence-corrected chi connectivity index (χ4v) is 4.47. The highest BCUT2D eigenvalue weighted by Gasteiger charge is 2.21. The highest BCUT2D eigenvalue weighted by atomic mass is 32.1. The molecule has 4 aromatic rings. The average molecular weight is 435 g/mol.